The maximum absolute atomic E-state index is 12.7. The molecule has 1 aliphatic heterocycles. The maximum Gasteiger partial charge on any atom is 0.407 e. The van der Waals surface area contributed by atoms with Crippen molar-refractivity contribution in [3.63, 3.8) is 0 Å². The zero-order valence-electron chi connectivity index (χ0n) is 14.8. The molecule has 8 heteroatoms. The largest absolute Gasteiger partial charge is 0.444 e. The fourth-order valence-corrected chi connectivity index (χ4v) is 2.80. The molecule has 0 saturated carbocycles. The van der Waals surface area contributed by atoms with Crippen LogP contribution in [0, 0.1) is 10.1 Å². The minimum atomic E-state index is -0.733. The van der Waals surface area contributed by atoms with Crippen LogP contribution in [0.2, 0.25) is 0 Å². The summed E-state index contributed by atoms with van der Waals surface area (Å²) in [4.78, 5) is 24.5. The lowest BCUT2D eigenvalue weighted by Gasteiger charge is -2.34. The number of ether oxygens (including phenoxy) is 1. The molecule has 1 amide bonds. The number of carbonyl (C=O) groups excluding carboxylic acids is 1. The topological polar surface area (TPSA) is 84.7 Å². The number of hydrogen-bond donors (Lipinski definition) is 1. The van der Waals surface area contributed by atoms with E-state index >= 15 is 0 Å². The lowest BCUT2D eigenvalue weighted by molar-refractivity contribution is -0.384. The van der Waals surface area contributed by atoms with Crippen molar-refractivity contribution in [3.05, 3.63) is 33.9 Å². The molecule has 0 bridgehead atoms. The lowest BCUT2D eigenvalue weighted by Crippen LogP contribution is -2.46. The normalized spacial score (nSPS) is 15.8. The summed E-state index contributed by atoms with van der Waals surface area (Å²) in [6.45, 7) is 5.80. The number of anilines is 1. The van der Waals surface area contributed by atoms with Crippen molar-refractivity contribution in [1.29, 1.82) is 0 Å². The summed E-state index contributed by atoms with van der Waals surface area (Å²) in [7, 11) is 0. The van der Waals surface area contributed by atoms with E-state index in [1.54, 1.807) is 32.9 Å². The number of alkyl halides is 1. The van der Waals surface area contributed by atoms with E-state index in [0.29, 0.717) is 31.6 Å². The number of nitro groups is 1. The first-order valence-electron chi connectivity index (χ1n) is 8.27. The van der Waals surface area contributed by atoms with Crippen LogP contribution in [0.4, 0.5) is 20.6 Å². The van der Waals surface area contributed by atoms with E-state index in [1.807, 2.05) is 4.90 Å². The predicted molar refractivity (Wildman–Crippen MR) is 92.5 cm³/mol. The van der Waals surface area contributed by atoms with E-state index in [0.717, 1.165) is 0 Å². The highest BCUT2D eigenvalue weighted by molar-refractivity contribution is 5.68. The number of piperidine rings is 1. The summed E-state index contributed by atoms with van der Waals surface area (Å²) >= 11 is 0. The van der Waals surface area contributed by atoms with Crippen LogP contribution < -0.4 is 10.2 Å². The molecular weight excluding hydrogens is 329 g/mol. The van der Waals surface area contributed by atoms with Crippen LogP contribution >= 0.6 is 0 Å². The monoisotopic (exact) mass is 353 g/mol. The highest BCUT2D eigenvalue weighted by atomic mass is 19.1. The second kappa shape index (κ2) is 7.67. The van der Waals surface area contributed by atoms with Gasteiger partial charge in [-0.05, 0) is 45.2 Å². The van der Waals surface area contributed by atoms with E-state index in [1.165, 1.54) is 6.07 Å². The Hall–Kier alpha value is -2.38. The van der Waals surface area contributed by atoms with Crippen LogP contribution in [0.1, 0.15) is 39.2 Å². The molecule has 7 nitrogen and oxygen atoms in total. The van der Waals surface area contributed by atoms with E-state index in [9.17, 15) is 19.3 Å². The van der Waals surface area contributed by atoms with Gasteiger partial charge in [0.25, 0.3) is 5.69 Å². The third-order valence-electron chi connectivity index (χ3n) is 3.95. The zero-order chi connectivity index (χ0) is 18.6. The molecule has 0 radical (unpaired) electrons. The summed E-state index contributed by atoms with van der Waals surface area (Å²) in [5.41, 5.74) is 0.132. The van der Waals surface area contributed by atoms with Crippen molar-refractivity contribution in [2.75, 3.05) is 18.0 Å². The molecule has 0 aliphatic carbocycles. The fourth-order valence-electron chi connectivity index (χ4n) is 2.80. The molecule has 0 unspecified atom stereocenters. The molecule has 1 heterocycles. The number of amides is 1. The summed E-state index contributed by atoms with van der Waals surface area (Å²) in [5.74, 6) is 0. The van der Waals surface area contributed by atoms with Gasteiger partial charge in [0.15, 0.2) is 0 Å². The highest BCUT2D eigenvalue weighted by Gasteiger charge is 2.27. The molecule has 1 aromatic rings. The van der Waals surface area contributed by atoms with E-state index in [-0.39, 0.29) is 17.3 Å². The van der Waals surface area contributed by atoms with Gasteiger partial charge in [0.2, 0.25) is 0 Å². The van der Waals surface area contributed by atoms with Crippen molar-refractivity contribution in [3.8, 4) is 0 Å². The molecule has 25 heavy (non-hydrogen) atoms. The molecule has 0 aromatic heterocycles. The molecule has 0 atom stereocenters. The van der Waals surface area contributed by atoms with Gasteiger partial charge in [-0.1, -0.05) is 6.07 Å². The van der Waals surface area contributed by atoms with Gasteiger partial charge < -0.3 is 15.0 Å². The quantitative estimate of drug-likeness (QED) is 0.661. The second-order valence-corrected chi connectivity index (χ2v) is 7.12. The van der Waals surface area contributed by atoms with Crippen molar-refractivity contribution < 1.29 is 18.8 Å². The van der Waals surface area contributed by atoms with Gasteiger partial charge in [-0.25, -0.2) is 9.18 Å². The smallest absolute Gasteiger partial charge is 0.407 e. The number of nitro benzene ring substituents is 1. The molecule has 1 aromatic carbocycles. The second-order valence-electron chi connectivity index (χ2n) is 7.12. The number of hydrogen-bond acceptors (Lipinski definition) is 5. The lowest BCUT2D eigenvalue weighted by atomic mass is 10.0. The fraction of sp³-hybridized carbons (Fsp3) is 0.588. The first kappa shape index (κ1) is 19.0. The van der Waals surface area contributed by atoms with Gasteiger partial charge in [0, 0.05) is 25.2 Å². The third kappa shape index (κ3) is 5.30. The number of alkyl carbamates (subject to hydrolysis) is 1. The Morgan fingerprint density at radius 1 is 1.40 bits per heavy atom. The van der Waals surface area contributed by atoms with Gasteiger partial charge in [0.1, 0.15) is 18.0 Å². The van der Waals surface area contributed by atoms with Gasteiger partial charge >= 0.3 is 6.09 Å². The van der Waals surface area contributed by atoms with E-state index < -0.39 is 23.3 Å². The highest BCUT2D eigenvalue weighted by Crippen LogP contribution is 2.31. The maximum atomic E-state index is 12.7. The van der Waals surface area contributed by atoms with Crippen LogP contribution in [-0.4, -0.2) is 35.7 Å². The first-order chi connectivity index (χ1) is 11.7. The average Bonchev–Trinajstić information content (AvgIpc) is 2.53. The Labute approximate surface area is 146 Å². The number of benzene rings is 1. The molecule has 2 rings (SSSR count). The van der Waals surface area contributed by atoms with Crippen LogP contribution in [-0.2, 0) is 11.4 Å². The van der Waals surface area contributed by atoms with Crippen molar-refractivity contribution in [2.45, 2.75) is 51.9 Å². The minimum absolute atomic E-state index is 0.0322. The molecule has 1 N–H and O–H groups in total. The number of rotatable bonds is 4. The van der Waals surface area contributed by atoms with Crippen molar-refractivity contribution in [1.82, 2.24) is 5.32 Å². The van der Waals surface area contributed by atoms with Crippen LogP contribution in [0.3, 0.4) is 0 Å². The van der Waals surface area contributed by atoms with Gasteiger partial charge in [-0.15, -0.1) is 0 Å². The van der Waals surface area contributed by atoms with Gasteiger partial charge in [-0.2, -0.15) is 0 Å². The molecule has 1 fully saturated rings. The van der Waals surface area contributed by atoms with Crippen LogP contribution in [0.15, 0.2) is 18.2 Å². The first-order valence-corrected chi connectivity index (χ1v) is 8.27. The molecule has 1 aliphatic rings. The summed E-state index contributed by atoms with van der Waals surface area (Å²) in [6.07, 6.45) is 0.854. The Morgan fingerprint density at radius 2 is 2.04 bits per heavy atom. The standard InChI is InChI=1S/C17H24FN3O4/c1-17(2,3)25-16(22)19-13-6-8-20(9-7-13)14-5-4-12(11-18)10-15(14)21(23)24/h4-5,10,13H,6-9,11H2,1-3H3,(H,19,22). The minimum Gasteiger partial charge on any atom is -0.444 e. The van der Waals surface area contributed by atoms with Crippen LogP contribution in [0.25, 0.3) is 0 Å². The van der Waals surface area contributed by atoms with Crippen molar-refractivity contribution in [2.24, 2.45) is 0 Å². The molecule has 1 saturated heterocycles. The average molecular weight is 353 g/mol. The zero-order valence-corrected chi connectivity index (χ0v) is 14.8. The Morgan fingerprint density at radius 3 is 2.56 bits per heavy atom. The Bertz CT molecular complexity index is 637. The SMILES string of the molecule is CC(C)(C)OC(=O)NC1CCN(c2ccc(CF)cc2[N+](=O)[O-])CC1. The Balaban J connectivity index is 1.98. The summed E-state index contributed by atoms with van der Waals surface area (Å²) < 4.78 is 18.0. The summed E-state index contributed by atoms with van der Waals surface area (Å²) in [5, 5.41) is 14.1. The van der Waals surface area contributed by atoms with Crippen LogP contribution in [0.5, 0.6) is 0 Å². The number of halogens is 1. The molecule has 138 valence electrons. The number of carbonyl (C=O) groups is 1. The third-order valence-corrected chi connectivity index (χ3v) is 3.95. The van der Waals surface area contributed by atoms with Gasteiger partial charge in [-0.3, -0.25) is 10.1 Å². The predicted octanol–water partition coefficient (Wildman–Crippen LogP) is 3.56. The van der Waals surface area contributed by atoms with E-state index in [2.05, 4.69) is 5.32 Å². The van der Waals surface area contributed by atoms with Gasteiger partial charge in [0.05, 0.1) is 4.92 Å². The Kier molecular flexibility index (Phi) is 5.81. The molecule has 0 spiro atoms. The number of nitrogens with zero attached hydrogens (tertiary/aromatic N) is 2. The summed E-state index contributed by atoms with van der Waals surface area (Å²) in [6, 6.07) is 4.40. The van der Waals surface area contributed by atoms with Crippen molar-refractivity contribution >= 4 is 17.5 Å². The molecular formula is C17H24FN3O4. The van der Waals surface area contributed by atoms with E-state index in [4.69, 9.17) is 4.74 Å². The number of nitrogens with one attached hydrogen (secondary N) is 1.